The highest BCUT2D eigenvalue weighted by molar-refractivity contribution is 5.79. The summed E-state index contributed by atoms with van der Waals surface area (Å²) in [4.78, 5) is 27.7. The summed E-state index contributed by atoms with van der Waals surface area (Å²) in [5.41, 5.74) is 0. The fraction of sp³-hybridized carbons (Fsp3) is 0.600. The van der Waals surface area contributed by atoms with Crippen molar-refractivity contribution in [2.45, 2.75) is 57.4 Å². The van der Waals surface area contributed by atoms with Gasteiger partial charge in [0.1, 0.15) is 24.3 Å². The van der Waals surface area contributed by atoms with Crippen molar-refractivity contribution in [2.24, 2.45) is 5.92 Å². The molecule has 7 nitrogen and oxygen atoms in total. The van der Waals surface area contributed by atoms with Crippen LogP contribution in [0.5, 0.6) is 0 Å². The number of amides is 1. The lowest BCUT2D eigenvalue weighted by atomic mass is 9.95. The van der Waals surface area contributed by atoms with Gasteiger partial charge in [0.05, 0.1) is 0 Å². The predicted molar refractivity (Wildman–Crippen MR) is 104 cm³/mol. The Morgan fingerprint density at radius 2 is 1.74 bits per heavy atom. The SMILES string of the molecule is O=C(NC1CCCCCC1)C1CCN(c2cc(-n3ccnc3)ncn2)CC1. The second kappa shape index (κ2) is 8.50. The standard InChI is InChI=1S/C20H28N6O/c27-20(24-17-5-3-1-2-4-6-17)16-7-10-25(11-8-16)18-13-19(23-14-22-18)26-12-9-21-15-26/h9,12-17H,1-8,10-11H2,(H,24,27). The van der Waals surface area contributed by atoms with Crippen LogP contribution in [0, 0.1) is 5.92 Å². The smallest absolute Gasteiger partial charge is 0.223 e. The highest BCUT2D eigenvalue weighted by Crippen LogP contribution is 2.24. The maximum absolute atomic E-state index is 12.7. The molecule has 1 saturated carbocycles. The normalized spacial score (nSPS) is 19.6. The molecule has 7 heteroatoms. The lowest BCUT2D eigenvalue weighted by Gasteiger charge is -2.33. The average molecular weight is 368 g/mol. The van der Waals surface area contributed by atoms with E-state index >= 15 is 0 Å². The van der Waals surface area contributed by atoms with Gasteiger partial charge in [-0.1, -0.05) is 25.7 Å². The van der Waals surface area contributed by atoms with E-state index in [2.05, 4.69) is 25.2 Å². The Labute approximate surface area is 160 Å². The Bertz CT molecular complexity index is 731. The molecule has 2 aliphatic rings. The number of imidazole rings is 1. The summed E-state index contributed by atoms with van der Waals surface area (Å²) in [5.74, 6) is 2.10. The van der Waals surface area contributed by atoms with Gasteiger partial charge < -0.3 is 10.2 Å². The van der Waals surface area contributed by atoms with Gasteiger partial charge in [-0.05, 0) is 25.7 Å². The maximum atomic E-state index is 12.7. The lowest BCUT2D eigenvalue weighted by Crippen LogP contribution is -2.44. The Kier molecular flexibility index (Phi) is 5.65. The largest absolute Gasteiger partial charge is 0.356 e. The van der Waals surface area contributed by atoms with Gasteiger partial charge in [-0.25, -0.2) is 15.0 Å². The minimum absolute atomic E-state index is 0.124. The number of anilines is 1. The molecule has 3 heterocycles. The number of carbonyl (C=O) groups excluding carboxylic acids is 1. The van der Waals surface area contributed by atoms with Crippen LogP contribution in [0.25, 0.3) is 5.82 Å². The maximum Gasteiger partial charge on any atom is 0.223 e. The van der Waals surface area contributed by atoms with E-state index in [1.807, 2.05) is 16.8 Å². The molecule has 0 aromatic carbocycles. The molecule has 27 heavy (non-hydrogen) atoms. The fourth-order valence-electron chi connectivity index (χ4n) is 4.16. The minimum Gasteiger partial charge on any atom is -0.356 e. The third kappa shape index (κ3) is 4.46. The zero-order valence-electron chi connectivity index (χ0n) is 15.8. The molecule has 1 aliphatic carbocycles. The minimum atomic E-state index is 0.124. The van der Waals surface area contributed by atoms with E-state index in [-0.39, 0.29) is 11.8 Å². The van der Waals surface area contributed by atoms with Crippen LogP contribution in [0.1, 0.15) is 51.4 Å². The van der Waals surface area contributed by atoms with Crippen LogP contribution in [-0.4, -0.2) is 44.6 Å². The Morgan fingerprint density at radius 1 is 1.00 bits per heavy atom. The van der Waals surface area contributed by atoms with Crippen molar-refractivity contribution in [1.29, 1.82) is 0 Å². The molecule has 0 bridgehead atoms. The highest BCUT2D eigenvalue weighted by Gasteiger charge is 2.27. The molecule has 2 fully saturated rings. The Balaban J connectivity index is 1.32. The van der Waals surface area contributed by atoms with Gasteiger partial charge in [0.25, 0.3) is 0 Å². The zero-order chi connectivity index (χ0) is 18.5. The van der Waals surface area contributed by atoms with Crippen molar-refractivity contribution in [3.8, 4) is 5.82 Å². The van der Waals surface area contributed by atoms with E-state index in [0.717, 1.165) is 50.4 Å². The second-order valence-corrected chi connectivity index (χ2v) is 7.66. The molecule has 1 aliphatic heterocycles. The number of carbonyl (C=O) groups is 1. The first-order chi connectivity index (χ1) is 13.3. The first-order valence-corrected chi connectivity index (χ1v) is 10.2. The Morgan fingerprint density at radius 3 is 2.44 bits per heavy atom. The predicted octanol–water partition coefficient (Wildman–Crippen LogP) is 2.72. The van der Waals surface area contributed by atoms with Crippen LogP contribution in [0.3, 0.4) is 0 Å². The zero-order valence-corrected chi connectivity index (χ0v) is 15.8. The monoisotopic (exact) mass is 368 g/mol. The molecule has 0 spiro atoms. The highest BCUT2D eigenvalue weighted by atomic mass is 16.1. The summed E-state index contributed by atoms with van der Waals surface area (Å²) in [7, 11) is 0. The van der Waals surface area contributed by atoms with Crippen molar-refractivity contribution < 1.29 is 4.79 Å². The number of rotatable bonds is 4. The number of nitrogens with one attached hydrogen (secondary N) is 1. The van der Waals surface area contributed by atoms with Gasteiger partial charge in [-0.3, -0.25) is 9.36 Å². The van der Waals surface area contributed by atoms with Crippen molar-refractivity contribution in [2.75, 3.05) is 18.0 Å². The van der Waals surface area contributed by atoms with Gasteiger partial charge in [0, 0.05) is 43.5 Å². The summed E-state index contributed by atoms with van der Waals surface area (Å²) in [5, 5.41) is 3.32. The summed E-state index contributed by atoms with van der Waals surface area (Å²) in [6.45, 7) is 1.70. The van der Waals surface area contributed by atoms with Crippen molar-refractivity contribution in [1.82, 2.24) is 24.8 Å². The third-order valence-electron chi connectivity index (χ3n) is 5.80. The quantitative estimate of drug-likeness (QED) is 0.840. The first-order valence-electron chi connectivity index (χ1n) is 10.2. The first kappa shape index (κ1) is 17.9. The van der Waals surface area contributed by atoms with Gasteiger partial charge in [0.2, 0.25) is 5.91 Å². The van der Waals surface area contributed by atoms with E-state index in [1.54, 1.807) is 18.9 Å². The number of nitrogens with zero attached hydrogens (tertiary/aromatic N) is 5. The molecule has 1 N–H and O–H groups in total. The summed E-state index contributed by atoms with van der Waals surface area (Å²) in [6.07, 6.45) is 16.1. The third-order valence-corrected chi connectivity index (χ3v) is 5.80. The van der Waals surface area contributed by atoms with Gasteiger partial charge in [0.15, 0.2) is 0 Å². The fourth-order valence-corrected chi connectivity index (χ4v) is 4.16. The van der Waals surface area contributed by atoms with Crippen LogP contribution in [-0.2, 0) is 4.79 Å². The molecule has 2 aromatic rings. The van der Waals surface area contributed by atoms with Crippen molar-refractivity contribution >= 4 is 11.7 Å². The summed E-state index contributed by atoms with van der Waals surface area (Å²) < 4.78 is 1.87. The van der Waals surface area contributed by atoms with Gasteiger partial charge in [-0.2, -0.15) is 0 Å². The van der Waals surface area contributed by atoms with Gasteiger partial charge >= 0.3 is 0 Å². The topological polar surface area (TPSA) is 75.9 Å². The lowest BCUT2D eigenvalue weighted by molar-refractivity contribution is -0.126. The number of aromatic nitrogens is 4. The summed E-state index contributed by atoms with van der Waals surface area (Å²) >= 11 is 0. The van der Waals surface area contributed by atoms with Gasteiger partial charge in [-0.15, -0.1) is 0 Å². The van der Waals surface area contributed by atoms with E-state index in [9.17, 15) is 4.79 Å². The summed E-state index contributed by atoms with van der Waals surface area (Å²) in [6, 6.07) is 2.37. The van der Waals surface area contributed by atoms with Crippen LogP contribution >= 0.6 is 0 Å². The van der Waals surface area contributed by atoms with E-state index in [0.29, 0.717) is 6.04 Å². The van der Waals surface area contributed by atoms with Crippen LogP contribution in [0.4, 0.5) is 5.82 Å². The molecule has 1 amide bonds. The van der Waals surface area contributed by atoms with E-state index in [1.165, 1.54) is 25.7 Å². The molecule has 0 unspecified atom stereocenters. The van der Waals surface area contributed by atoms with Crippen LogP contribution in [0.2, 0.25) is 0 Å². The molecule has 4 rings (SSSR count). The van der Waals surface area contributed by atoms with E-state index in [4.69, 9.17) is 0 Å². The van der Waals surface area contributed by atoms with Crippen LogP contribution in [0.15, 0.2) is 31.1 Å². The molecular weight excluding hydrogens is 340 g/mol. The molecule has 2 aromatic heterocycles. The number of hydrogen-bond acceptors (Lipinski definition) is 5. The number of piperidine rings is 1. The molecule has 0 radical (unpaired) electrons. The molecule has 0 atom stereocenters. The van der Waals surface area contributed by atoms with Crippen molar-refractivity contribution in [3.05, 3.63) is 31.1 Å². The second-order valence-electron chi connectivity index (χ2n) is 7.66. The molecule has 1 saturated heterocycles. The molecule has 144 valence electrons. The Hall–Kier alpha value is -2.44. The van der Waals surface area contributed by atoms with Crippen molar-refractivity contribution in [3.63, 3.8) is 0 Å². The number of hydrogen-bond donors (Lipinski definition) is 1. The van der Waals surface area contributed by atoms with E-state index < -0.39 is 0 Å². The average Bonchev–Trinajstić information content (AvgIpc) is 3.14. The molecular formula is C20H28N6O. The van der Waals surface area contributed by atoms with Crippen LogP contribution < -0.4 is 10.2 Å².